The molecule has 0 heteroatoms. The van der Waals surface area contributed by atoms with Crippen LogP contribution in [0.5, 0.6) is 0 Å². The standard InChI is InChI=1S/C14H17/c1-2-10-14(12-7-4-8-12)13(9-1)11-5-3-6-11/h1,9-12H,3-8H2. The Hall–Kier alpha value is -0.780. The zero-order valence-electron chi connectivity index (χ0n) is 8.63. The van der Waals surface area contributed by atoms with Gasteiger partial charge in [-0.25, -0.2) is 0 Å². The van der Waals surface area contributed by atoms with E-state index in [0.717, 1.165) is 11.8 Å². The maximum absolute atomic E-state index is 3.25. The lowest BCUT2D eigenvalue weighted by Crippen LogP contribution is -2.16. The van der Waals surface area contributed by atoms with Crippen molar-refractivity contribution in [2.75, 3.05) is 0 Å². The topological polar surface area (TPSA) is 0 Å². The predicted molar refractivity (Wildman–Crippen MR) is 58.5 cm³/mol. The van der Waals surface area contributed by atoms with E-state index in [9.17, 15) is 0 Å². The van der Waals surface area contributed by atoms with E-state index in [1.54, 1.807) is 11.1 Å². The summed E-state index contributed by atoms with van der Waals surface area (Å²) in [6.07, 6.45) is 8.54. The fourth-order valence-corrected chi connectivity index (χ4v) is 2.62. The molecule has 0 nitrogen and oxygen atoms in total. The molecule has 0 amide bonds. The van der Waals surface area contributed by atoms with Gasteiger partial charge in [0.05, 0.1) is 0 Å². The molecule has 0 N–H and O–H groups in total. The molecular weight excluding hydrogens is 168 g/mol. The lowest BCUT2D eigenvalue weighted by atomic mass is 9.72. The van der Waals surface area contributed by atoms with Crippen LogP contribution >= 0.6 is 0 Å². The Bertz CT molecular complexity index is 286. The molecule has 1 radical (unpaired) electrons. The van der Waals surface area contributed by atoms with Gasteiger partial charge in [-0.3, -0.25) is 0 Å². The van der Waals surface area contributed by atoms with Gasteiger partial charge in [-0.05, 0) is 54.7 Å². The van der Waals surface area contributed by atoms with Crippen molar-refractivity contribution in [2.24, 2.45) is 0 Å². The highest BCUT2D eigenvalue weighted by Gasteiger charge is 2.27. The first-order chi connectivity index (χ1) is 6.95. The third-order valence-corrected chi connectivity index (χ3v) is 4.02. The summed E-state index contributed by atoms with van der Waals surface area (Å²) in [7, 11) is 0. The van der Waals surface area contributed by atoms with Crippen LogP contribution in [0.2, 0.25) is 0 Å². The minimum absolute atomic E-state index is 0.878. The Morgan fingerprint density at radius 3 is 2.14 bits per heavy atom. The minimum Gasteiger partial charge on any atom is -0.0579 e. The average Bonchev–Trinajstić information content (AvgIpc) is 2.01. The van der Waals surface area contributed by atoms with Crippen LogP contribution in [0.25, 0.3) is 0 Å². The van der Waals surface area contributed by atoms with Gasteiger partial charge >= 0.3 is 0 Å². The highest BCUT2D eigenvalue weighted by molar-refractivity contribution is 5.35. The molecule has 0 atom stereocenters. The van der Waals surface area contributed by atoms with Gasteiger partial charge in [0.15, 0.2) is 0 Å². The molecule has 1 aromatic rings. The van der Waals surface area contributed by atoms with Crippen molar-refractivity contribution in [3.8, 4) is 0 Å². The third-order valence-electron chi connectivity index (χ3n) is 4.02. The summed E-state index contributed by atoms with van der Waals surface area (Å²) in [6.45, 7) is 0. The summed E-state index contributed by atoms with van der Waals surface area (Å²) < 4.78 is 0. The average molecular weight is 185 g/mol. The summed E-state index contributed by atoms with van der Waals surface area (Å²) in [4.78, 5) is 0. The molecule has 0 bridgehead atoms. The van der Waals surface area contributed by atoms with Gasteiger partial charge in [-0.15, -0.1) is 0 Å². The third kappa shape index (κ3) is 1.28. The molecule has 0 heterocycles. The van der Waals surface area contributed by atoms with E-state index < -0.39 is 0 Å². The first-order valence-corrected chi connectivity index (χ1v) is 5.95. The summed E-state index contributed by atoms with van der Waals surface area (Å²) in [6, 6.07) is 9.91. The van der Waals surface area contributed by atoms with E-state index >= 15 is 0 Å². The van der Waals surface area contributed by atoms with Gasteiger partial charge in [0, 0.05) is 0 Å². The van der Waals surface area contributed by atoms with Crippen LogP contribution in [0.3, 0.4) is 0 Å². The summed E-state index contributed by atoms with van der Waals surface area (Å²) >= 11 is 0. The fourth-order valence-electron chi connectivity index (χ4n) is 2.62. The molecule has 0 unspecified atom stereocenters. The van der Waals surface area contributed by atoms with Gasteiger partial charge in [-0.2, -0.15) is 0 Å². The number of hydrogen-bond donors (Lipinski definition) is 0. The molecule has 1 aromatic carbocycles. The van der Waals surface area contributed by atoms with Crippen molar-refractivity contribution in [1.82, 2.24) is 0 Å². The largest absolute Gasteiger partial charge is 0.0579 e. The predicted octanol–water partition coefficient (Wildman–Crippen LogP) is 4.02. The number of rotatable bonds is 2. The van der Waals surface area contributed by atoms with Crippen LogP contribution in [-0.2, 0) is 0 Å². The molecule has 2 aliphatic rings. The van der Waals surface area contributed by atoms with Crippen LogP contribution in [-0.4, -0.2) is 0 Å². The Morgan fingerprint density at radius 2 is 1.57 bits per heavy atom. The van der Waals surface area contributed by atoms with E-state index in [2.05, 4.69) is 24.3 Å². The van der Waals surface area contributed by atoms with E-state index in [4.69, 9.17) is 0 Å². The zero-order chi connectivity index (χ0) is 9.38. The molecule has 2 aliphatic carbocycles. The van der Waals surface area contributed by atoms with Crippen LogP contribution in [0.4, 0.5) is 0 Å². The molecule has 2 saturated carbocycles. The Balaban J connectivity index is 1.91. The smallest absolute Gasteiger partial charge is 0.0159 e. The maximum atomic E-state index is 3.25. The SMILES string of the molecule is [c]1ccc(C2CCC2)c(C2CCC2)c1. The first kappa shape index (κ1) is 8.52. The molecule has 3 rings (SSSR count). The number of benzene rings is 1. The maximum Gasteiger partial charge on any atom is -0.0159 e. The normalized spacial score (nSPS) is 22.9. The second-order valence-corrected chi connectivity index (χ2v) is 4.81. The lowest BCUT2D eigenvalue weighted by Gasteiger charge is -2.33. The summed E-state index contributed by atoms with van der Waals surface area (Å²) in [5, 5.41) is 0. The first-order valence-electron chi connectivity index (χ1n) is 5.95. The molecular formula is C14H17. The molecule has 0 saturated heterocycles. The van der Waals surface area contributed by atoms with Crippen LogP contribution < -0.4 is 0 Å². The highest BCUT2D eigenvalue weighted by Crippen LogP contribution is 2.44. The van der Waals surface area contributed by atoms with Gasteiger partial charge in [0.1, 0.15) is 0 Å². The molecule has 2 fully saturated rings. The Morgan fingerprint density at radius 1 is 0.929 bits per heavy atom. The van der Waals surface area contributed by atoms with Gasteiger partial charge < -0.3 is 0 Å². The molecule has 73 valence electrons. The zero-order valence-corrected chi connectivity index (χ0v) is 8.63. The van der Waals surface area contributed by atoms with Crippen LogP contribution in [0.15, 0.2) is 18.2 Å². The highest BCUT2D eigenvalue weighted by atomic mass is 14.3. The second kappa shape index (κ2) is 3.42. The summed E-state index contributed by atoms with van der Waals surface area (Å²) in [5.74, 6) is 1.77. The second-order valence-electron chi connectivity index (χ2n) is 4.81. The van der Waals surface area contributed by atoms with Crippen molar-refractivity contribution < 1.29 is 0 Å². The molecule has 14 heavy (non-hydrogen) atoms. The Labute approximate surface area is 86.3 Å². The summed E-state index contributed by atoms with van der Waals surface area (Å²) in [5.41, 5.74) is 3.28. The van der Waals surface area contributed by atoms with Gasteiger partial charge in [-0.1, -0.05) is 31.0 Å². The molecule has 0 spiro atoms. The monoisotopic (exact) mass is 185 g/mol. The van der Waals surface area contributed by atoms with Crippen molar-refractivity contribution in [2.45, 2.75) is 50.4 Å². The minimum atomic E-state index is 0.878. The van der Waals surface area contributed by atoms with E-state index in [-0.39, 0.29) is 0 Å². The van der Waals surface area contributed by atoms with Crippen molar-refractivity contribution in [1.29, 1.82) is 0 Å². The Kier molecular flexibility index (Phi) is 2.08. The van der Waals surface area contributed by atoms with Crippen molar-refractivity contribution >= 4 is 0 Å². The van der Waals surface area contributed by atoms with Crippen LogP contribution in [0.1, 0.15) is 61.5 Å². The van der Waals surface area contributed by atoms with Gasteiger partial charge in [0.2, 0.25) is 0 Å². The lowest BCUT2D eigenvalue weighted by molar-refractivity contribution is 0.388. The quantitative estimate of drug-likeness (QED) is 0.652. The number of hydrogen-bond acceptors (Lipinski definition) is 0. The van der Waals surface area contributed by atoms with Crippen molar-refractivity contribution in [3.05, 3.63) is 35.4 Å². The van der Waals surface area contributed by atoms with E-state index in [1.807, 2.05) is 0 Å². The van der Waals surface area contributed by atoms with Gasteiger partial charge in [0.25, 0.3) is 0 Å². The molecule has 0 aliphatic heterocycles. The van der Waals surface area contributed by atoms with Crippen molar-refractivity contribution in [3.63, 3.8) is 0 Å². The fraction of sp³-hybridized carbons (Fsp3) is 0.571. The van der Waals surface area contributed by atoms with E-state index in [1.165, 1.54) is 38.5 Å². The molecule has 0 aromatic heterocycles. The van der Waals surface area contributed by atoms with E-state index in [0.29, 0.717) is 0 Å². The van der Waals surface area contributed by atoms with Crippen LogP contribution in [0, 0.1) is 6.07 Å².